The van der Waals surface area contributed by atoms with Crippen LogP contribution in [0.4, 0.5) is 22.0 Å². The van der Waals surface area contributed by atoms with Gasteiger partial charge in [0.15, 0.2) is 0 Å². The largest absolute Gasteiger partial charge is 0.462 e. The minimum Gasteiger partial charge on any atom is -0.462 e. The molecule has 0 radical (unpaired) electrons. The third-order valence-corrected chi connectivity index (χ3v) is 6.12. The molecule has 0 spiro atoms. The number of halogens is 5. The molecule has 0 aliphatic carbocycles. The van der Waals surface area contributed by atoms with Crippen LogP contribution in [0.25, 0.3) is 0 Å². The molecule has 0 bridgehead atoms. The van der Waals surface area contributed by atoms with Gasteiger partial charge in [-0.2, -0.15) is 22.0 Å². The SMILES string of the molecule is CCOC(=O)c1cnc(CN2CCN(Cc3ccc(C(F)(F)F)cc3)C[C@H]2COC(F)F)s1. The summed E-state index contributed by atoms with van der Waals surface area (Å²) in [6.07, 6.45) is -2.96. The summed E-state index contributed by atoms with van der Waals surface area (Å²) in [7, 11) is 0. The van der Waals surface area contributed by atoms with Crippen LogP contribution in [0.2, 0.25) is 0 Å². The average Bonchev–Trinajstić information content (AvgIpc) is 3.22. The number of alkyl halides is 5. The summed E-state index contributed by atoms with van der Waals surface area (Å²) in [5, 5.41) is 0.649. The van der Waals surface area contributed by atoms with E-state index in [-0.39, 0.29) is 19.3 Å². The fourth-order valence-electron chi connectivity index (χ4n) is 3.56. The van der Waals surface area contributed by atoms with Gasteiger partial charge in [-0.3, -0.25) is 9.80 Å². The van der Waals surface area contributed by atoms with Gasteiger partial charge < -0.3 is 9.47 Å². The van der Waals surface area contributed by atoms with E-state index in [1.807, 2.05) is 9.80 Å². The molecule has 1 saturated heterocycles. The number of carbonyl (C=O) groups excluding carboxylic acids is 1. The van der Waals surface area contributed by atoms with Crippen LogP contribution in [0.1, 0.15) is 32.7 Å². The van der Waals surface area contributed by atoms with Crippen molar-refractivity contribution in [2.24, 2.45) is 0 Å². The van der Waals surface area contributed by atoms with Gasteiger partial charge in [-0.25, -0.2) is 9.78 Å². The molecule has 182 valence electrons. The molecule has 1 aliphatic rings. The first-order valence-electron chi connectivity index (χ1n) is 10.3. The van der Waals surface area contributed by atoms with Gasteiger partial charge >= 0.3 is 18.8 Å². The zero-order valence-corrected chi connectivity index (χ0v) is 18.7. The molecule has 0 unspecified atom stereocenters. The Bertz CT molecular complexity index is 907. The summed E-state index contributed by atoms with van der Waals surface area (Å²) in [6, 6.07) is 4.54. The maximum atomic E-state index is 12.8. The molecule has 12 heteroatoms. The van der Waals surface area contributed by atoms with Gasteiger partial charge in [0, 0.05) is 32.2 Å². The van der Waals surface area contributed by atoms with E-state index in [9.17, 15) is 26.7 Å². The Labute approximate surface area is 191 Å². The number of hydrogen-bond donors (Lipinski definition) is 0. The van der Waals surface area contributed by atoms with Crippen LogP contribution in [0.15, 0.2) is 30.5 Å². The third kappa shape index (κ3) is 7.42. The summed E-state index contributed by atoms with van der Waals surface area (Å²) in [5.74, 6) is -0.458. The smallest absolute Gasteiger partial charge is 0.416 e. The van der Waals surface area contributed by atoms with Crippen LogP contribution in [-0.2, 0) is 28.7 Å². The molecule has 1 aliphatic heterocycles. The topological polar surface area (TPSA) is 54.9 Å². The Kier molecular flexibility index (Phi) is 8.74. The van der Waals surface area contributed by atoms with E-state index in [4.69, 9.17) is 4.74 Å². The molecule has 6 nitrogen and oxygen atoms in total. The summed E-state index contributed by atoms with van der Waals surface area (Å²) in [5.41, 5.74) is -0.0195. The molecule has 33 heavy (non-hydrogen) atoms. The van der Waals surface area contributed by atoms with E-state index in [0.717, 1.165) is 12.1 Å². The second kappa shape index (κ2) is 11.3. The van der Waals surface area contributed by atoms with E-state index in [0.29, 0.717) is 48.2 Å². The minimum atomic E-state index is -4.40. The maximum Gasteiger partial charge on any atom is 0.416 e. The predicted molar refractivity (Wildman–Crippen MR) is 111 cm³/mol. The van der Waals surface area contributed by atoms with Crippen LogP contribution < -0.4 is 0 Å². The molecule has 3 rings (SSSR count). The summed E-state index contributed by atoms with van der Waals surface area (Å²) in [6.45, 7) is 1.08. The van der Waals surface area contributed by atoms with Crippen molar-refractivity contribution in [3.05, 3.63) is 51.5 Å². The quantitative estimate of drug-likeness (QED) is 0.384. The molecule has 2 heterocycles. The Morgan fingerprint density at radius 3 is 2.58 bits per heavy atom. The van der Waals surface area contributed by atoms with E-state index in [1.165, 1.54) is 29.7 Å². The first kappa shape index (κ1) is 25.5. The number of rotatable bonds is 9. The Hall–Kier alpha value is -2.15. The van der Waals surface area contributed by atoms with Crippen LogP contribution in [-0.4, -0.2) is 66.3 Å². The lowest BCUT2D eigenvalue weighted by Gasteiger charge is -2.41. The Morgan fingerprint density at radius 1 is 1.21 bits per heavy atom. The number of thiazole rings is 1. The molecular formula is C21H24F5N3O3S. The van der Waals surface area contributed by atoms with Gasteiger partial charge in [0.25, 0.3) is 0 Å². The molecule has 1 fully saturated rings. The maximum absolute atomic E-state index is 12.8. The second-order valence-corrected chi connectivity index (χ2v) is 8.60. The number of aromatic nitrogens is 1. The molecule has 2 aromatic rings. The molecular weight excluding hydrogens is 469 g/mol. The molecule has 0 amide bonds. The highest BCUT2D eigenvalue weighted by Crippen LogP contribution is 2.29. The van der Waals surface area contributed by atoms with Gasteiger partial charge in [-0.1, -0.05) is 12.1 Å². The molecule has 0 N–H and O–H groups in total. The van der Waals surface area contributed by atoms with E-state index >= 15 is 0 Å². The van der Waals surface area contributed by atoms with Crippen LogP contribution in [0.3, 0.4) is 0 Å². The summed E-state index contributed by atoms with van der Waals surface area (Å²) >= 11 is 1.19. The standard InChI is InChI=1S/C21H24F5N3O3S/c1-2-31-19(30)17-9-27-18(33-17)12-29-8-7-28(11-16(29)13-32-20(22)23)10-14-3-5-15(6-4-14)21(24,25)26/h3-6,9,16,20H,2,7-8,10-13H2,1H3/t16-/m0/s1. The van der Waals surface area contributed by atoms with Crippen molar-refractivity contribution in [1.29, 1.82) is 0 Å². The zero-order chi connectivity index (χ0) is 24.0. The summed E-state index contributed by atoms with van der Waals surface area (Å²) in [4.78, 5) is 20.4. The first-order chi connectivity index (χ1) is 15.7. The fraction of sp³-hybridized carbons (Fsp3) is 0.524. The van der Waals surface area contributed by atoms with E-state index < -0.39 is 24.3 Å². The van der Waals surface area contributed by atoms with Crippen LogP contribution in [0, 0.1) is 0 Å². The van der Waals surface area contributed by atoms with Crippen molar-refractivity contribution >= 4 is 17.3 Å². The van der Waals surface area contributed by atoms with E-state index in [1.54, 1.807) is 6.92 Å². The average molecular weight is 493 g/mol. The summed E-state index contributed by atoms with van der Waals surface area (Å²) < 4.78 is 73.2. The lowest BCUT2D eigenvalue weighted by Crippen LogP contribution is -2.54. The second-order valence-electron chi connectivity index (χ2n) is 7.49. The van der Waals surface area contributed by atoms with Gasteiger partial charge in [0.2, 0.25) is 0 Å². The third-order valence-electron chi connectivity index (χ3n) is 5.16. The highest BCUT2D eigenvalue weighted by molar-refractivity contribution is 7.13. The van der Waals surface area contributed by atoms with Crippen molar-refractivity contribution in [2.75, 3.05) is 32.8 Å². The van der Waals surface area contributed by atoms with Crippen molar-refractivity contribution in [2.45, 2.75) is 38.8 Å². The molecule has 1 atom stereocenters. The Balaban J connectivity index is 1.63. The van der Waals surface area contributed by atoms with Crippen molar-refractivity contribution in [1.82, 2.24) is 14.8 Å². The predicted octanol–water partition coefficient (Wildman–Crippen LogP) is 4.26. The van der Waals surface area contributed by atoms with Gasteiger partial charge in [-0.05, 0) is 24.6 Å². The number of esters is 1. The van der Waals surface area contributed by atoms with Crippen molar-refractivity contribution in [3.8, 4) is 0 Å². The highest BCUT2D eigenvalue weighted by atomic mass is 32.1. The van der Waals surface area contributed by atoms with Gasteiger partial charge in [-0.15, -0.1) is 11.3 Å². The molecule has 1 aromatic heterocycles. The fourth-order valence-corrected chi connectivity index (χ4v) is 4.40. The van der Waals surface area contributed by atoms with Gasteiger partial charge in [0.1, 0.15) is 9.88 Å². The number of piperazine rings is 1. The monoisotopic (exact) mass is 493 g/mol. The van der Waals surface area contributed by atoms with Crippen LogP contribution in [0.5, 0.6) is 0 Å². The molecule has 1 aromatic carbocycles. The highest BCUT2D eigenvalue weighted by Gasteiger charge is 2.31. The van der Waals surface area contributed by atoms with E-state index in [2.05, 4.69) is 9.72 Å². The zero-order valence-electron chi connectivity index (χ0n) is 17.9. The van der Waals surface area contributed by atoms with Gasteiger partial charge in [0.05, 0.1) is 31.5 Å². The van der Waals surface area contributed by atoms with Crippen LogP contribution >= 0.6 is 11.3 Å². The molecule has 0 saturated carbocycles. The number of benzene rings is 1. The first-order valence-corrected chi connectivity index (χ1v) is 11.1. The number of ether oxygens (including phenoxy) is 2. The number of carbonyl (C=O) groups is 1. The Morgan fingerprint density at radius 2 is 1.94 bits per heavy atom. The number of nitrogens with zero attached hydrogens (tertiary/aromatic N) is 3. The lowest BCUT2D eigenvalue weighted by atomic mass is 10.1. The lowest BCUT2D eigenvalue weighted by molar-refractivity contribution is -0.147. The minimum absolute atomic E-state index is 0.211. The number of hydrogen-bond acceptors (Lipinski definition) is 7. The van der Waals surface area contributed by atoms with Crippen molar-refractivity contribution < 1.29 is 36.2 Å². The normalized spacial score (nSPS) is 18.1. The van der Waals surface area contributed by atoms with Crippen molar-refractivity contribution in [3.63, 3.8) is 0 Å².